The summed E-state index contributed by atoms with van der Waals surface area (Å²) in [6.45, 7) is 6.67. The molecule has 1 aliphatic heterocycles. The quantitative estimate of drug-likeness (QED) is 0.0851. The Labute approximate surface area is 276 Å². The van der Waals surface area contributed by atoms with Crippen LogP contribution in [0.3, 0.4) is 0 Å². The van der Waals surface area contributed by atoms with E-state index in [0.29, 0.717) is 50.8 Å². The van der Waals surface area contributed by atoms with Crippen LogP contribution in [0.25, 0.3) is 0 Å². The van der Waals surface area contributed by atoms with E-state index < -0.39 is 29.9 Å². The summed E-state index contributed by atoms with van der Waals surface area (Å²) >= 11 is 0. The van der Waals surface area contributed by atoms with Crippen LogP contribution in [0.5, 0.6) is 0 Å². The van der Waals surface area contributed by atoms with Crippen molar-refractivity contribution in [3.8, 4) is 0 Å². The maximum atomic E-state index is 13.3. The maximum Gasteiger partial charge on any atom is 0.312 e. The monoisotopic (exact) mass is 655 g/mol. The van der Waals surface area contributed by atoms with Crippen molar-refractivity contribution in [3.05, 3.63) is 42.0 Å². The average Bonchev–Trinajstić information content (AvgIpc) is 3.35. The van der Waals surface area contributed by atoms with Crippen molar-refractivity contribution in [2.75, 3.05) is 25.0 Å². The highest BCUT2D eigenvalue weighted by atomic mass is 16.2. The van der Waals surface area contributed by atoms with E-state index in [9.17, 15) is 33.6 Å². The van der Waals surface area contributed by atoms with E-state index in [-0.39, 0.29) is 55.5 Å². The predicted molar refractivity (Wildman–Crippen MR) is 177 cm³/mol. The highest BCUT2D eigenvalue weighted by Gasteiger charge is 2.29. The lowest BCUT2D eigenvalue weighted by atomic mass is 10.0. The molecule has 0 saturated heterocycles. The Morgan fingerprint density at radius 3 is 2.09 bits per heavy atom. The van der Waals surface area contributed by atoms with Crippen LogP contribution >= 0.6 is 0 Å². The molecular formula is C33H49N7O7. The maximum absolute atomic E-state index is 13.3. The zero-order chi connectivity index (χ0) is 34.8. The van der Waals surface area contributed by atoms with Crippen molar-refractivity contribution in [2.45, 2.75) is 90.6 Å². The summed E-state index contributed by atoms with van der Waals surface area (Å²) in [6.07, 6.45) is 6.61. The number of nitrogens with zero attached hydrogens (tertiary/aromatic N) is 1. The summed E-state index contributed by atoms with van der Waals surface area (Å²) in [7, 11) is 0. The lowest BCUT2D eigenvalue weighted by molar-refractivity contribution is -0.137. The van der Waals surface area contributed by atoms with Gasteiger partial charge in [0.05, 0.1) is 0 Å². The smallest absolute Gasteiger partial charge is 0.312 e. The average molecular weight is 656 g/mol. The molecule has 0 radical (unpaired) electrons. The van der Waals surface area contributed by atoms with Crippen molar-refractivity contribution >= 4 is 47.2 Å². The number of amides is 8. The lowest BCUT2D eigenvalue weighted by Gasteiger charge is -2.25. The van der Waals surface area contributed by atoms with Crippen molar-refractivity contribution in [3.63, 3.8) is 0 Å². The summed E-state index contributed by atoms with van der Waals surface area (Å²) < 4.78 is 0. The molecule has 8 amide bonds. The van der Waals surface area contributed by atoms with Crippen LogP contribution in [0, 0.1) is 5.92 Å². The van der Waals surface area contributed by atoms with Crippen LogP contribution in [0.2, 0.25) is 0 Å². The molecule has 258 valence electrons. The Balaban J connectivity index is 1.93. The molecule has 0 aliphatic carbocycles. The molecule has 2 atom stereocenters. The number of imide groups is 1. The molecule has 0 aromatic heterocycles. The number of carbonyl (C=O) groups is 7. The molecule has 14 heteroatoms. The molecule has 0 unspecified atom stereocenters. The number of urea groups is 1. The minimum absolute atomic E-state index is 0.0205. The number of nitrogens with two attached hydrogens (primary N) is 1. The second-order valence-electron chi connectivity index (χ2n) is 11.8. The van der Waals surface area contributed by atoms with Gasteiger partial charge in [0.25, 0.3) is 11.8 Å². The van der Waals surface area contributed by atoms with Gasteiger partial charge in [0.15, 0.2) is 0 Å². The van der Waals surface area contributed by atoms with Gasteiger partial charge >= 0.3 is 6.03 Å². The second-order valence-corrected chi connectivity index (χ2v) is 11.8. The molecular weight excluding hydrogens is 606 g/mol. The minimum atomic E-state index is -0.970. The van der Waals surface area contributed by atoms with Crippen molar-refractivity contribution in [1.82, 2.24) is 26.2 Å². The van der Waals surface area contributed by atoms with Gasteiger partial charge in [-0.3, -0.25) is 33.7 Å². The van der Waals surface area contributed by atoms with Crippen molar-refractivity contribution in [2.24, 2.45) is 11.7 Å². The first-order chi connectivity index (χ1) is 22.4. The van der Waals surface area contributed by atoms with E-state index in [0.717, 1.165) is 16.9 Å². The predicted octanol–water partition coefficient (Wildman–Crippen LogP) is 1.64. The Morgan fingerprint density at radius 1 is 0.787 bits per heavy atom. The van der Waals surface area contributed by atoms with E-state index in [1.807, 2.05) is 19.1 Å². The van der Waals surface area contributed by atoms with Gasteiger partial charge in [-0.2, -0.15) is 0 Å². The Morgan fingerprint density at radius 2 is 1.47 bits per heavy atom. The summed E-state index contributed by atoms with van der Waals surface area (Å²) in [6, 6.07) is 4.51. The van der Waals surface area contributed by atoms with Gasteiger partial charge in [-0.25, -0.2) is 4.79 Å². The molecule has 14 nitrogen and oxygen atoms in total. The molecule has 1 heterocycles. The van der Waals surface area contributed by atoms with E-state index in [4.69, 9.17) is 5.73 Å². The number of benzene rings is 1. The number of hydrogen-bond donors (Lipinski definition) is 6. The number of anilines is 1. The number of carbonyl (C=O) groups excluding carboxylic acids is 7. The normalized spacial score (nSPS) is 13.7. The first-order valence-electron chi connectivity index (χ1n) is 16.2. The fourth-order valence-electron chi connectivity index (χ4n) is 4.81. The van der Waals surface area contributed by atoms with Crippen LogP contribution in [0.4, 0.5) is 10.5 Å². The molecule has 1 aromatic rings. The van der Waals surface area contributed by atoms with Gasteiger partial charge in [0.1, 0.15) is 12.1 Å². The molecule has 0 fully saturated rings. The first kappa shape index (κ1) is 38.4. The SMILES string of the molecule is CCCNC(=O)CCc1ccc(NC(=O)[C@H](CCCNC(N)=O)NC(=O)[C@@H](NC(=O)CCCCCN2C(=O)C=CC2=O)C(C)C)cc1. The number of rotatable bonds is 21. The Hall–Kier alpha value is -4.75. The van der Waals surface area contributed by atoms with Gasteiger partial charge in [-0.05, 0) is 62.1 Å². The van der Waals surface area contributed by atoms with Gasteiger partial charge in [-0.1, -0.05) is 39.3 Å². The van der Waals surface area contributed by atoms with Gasteiger partial charge in [0, 0.05) is 50.3 Å². The standard InChI is InChI=1S/C33H49N7O7/c1-4-19-35-26(41)16-13-23-11-14-24(15-12-23)37-31(45)25(9-8-20-36-33(34)47)38-32(46)30(22(2)3)39-27(42)10-6-5-7-21-40-28(43)17-18-29(40)44/h11-12,14-15,17-18,22,25,30H,4-10,13,16,19-21H2,1-3H3,(H,35,41)(H,37,45)(H,38,46)(H,39,42)(H3,34,36,47)/t25-,30-/m0/s1. The first-order valence-corrected chi connectivity index (χ1v) is 16.2. The zero-order valence-corrected chi connectivity index (χ0v) is 27.6. The summed E-state index contributed by atoms with van der Waals surface area (Å²) in [4.78, 5) is 86.8. The third kappa shape index (κ3) is 14.5. The third-order valence-corrected chi connectivity index (χ3v) is 7.49. The van der Waals surface area contributed by atoms with Crippen molar-refractivity contribution < 1.29 is 33.6 Å². The molecule has 47 heavy (non-hydrogen) atoms. The topological polar surface area (TPSA) is 209 Å². The van der Waals surface area contributed by atoms with Crippen molar-refractivity contribution in [1.29, 1.82) is 0 Å². The molecule has 7 N–H and O–H groups in total. The Bertz CT molecular complexity index is 1260. The van der Waals surface area contributed by atoms with Crippen LogP contribution in [0.15, 0.2) is 36.4 Å². The molecule has 0 bridgehead atoms. The van der Waals surface area contributed by atoms with E-state index in [1.165, 1.54) is 12.2 Å². The van der Waals surface area contributed by atoms with Crippen LogP contribution in [-0.4, -0.2) is 78.1 Å². The van der Waals surface area contributed by atoms with Gasteiger partial charge in [0.2, 0.25) is 23.6 Å². The minimum Gasteiger partial charge on any atom is -0.356 e. The molecule has 1 aromatic carbocycles. The van der Waals surface area contributed by atoms with E-state index in [1.54, 1.807) is 26.0 Å². The highest BCUT2D eigenvalue weighted by molar-refractivity contribution is 6.12. The fraction of sp³-hybridized carbons (Fsp3) is 0.545. The summed E-state index contributed by atoms with van der Waals surface area (Å²) in [5, 5.41) is 13.6. The summed E-state index contributed by atoms with van der Waals surface area (Å²) in [5.74, 6) is -2.30. The second kappa shape index (κ2) is 20.4. The lowest BCUT2D eigenvalue weighted by Crippen LogP contribution is -2.54. The number of nitrogens with one attached hydrogen (secondary N) is 5. The van der Waals surface area contributed by atoms with Crippen LogP contribution in [-0.2, 0) is 35.2 Å². The molecule has 0 saturated carbocycles. The Kier molecular flexibility index (Phi) is 16.7. The number of unbranched alkanes of at least 4 members (excludes halogenated alkanes) is 2. The zero-order valence-electron chi connectivity index (χ0n) is 27.6. The van der Waals surface area contributed by atoms with Crippen LogP contribution in [0.1, 0.15) is 77.7 Å². The molecule has 0 spiro atoms. The fourth-order valence-corrected chi connectivity index (χ4v) is 4.81. The van der Waals surface area contributed by atoms with E-state index >= 15 is 0 Å². The third-order valence-electron chi connectivity index (χ3n) is 7.49. The number of aryl methyl sites for hydroxylation is 1. The largest absolute Gasteiger partial charge is 0.356 e. The number of primary amides is 1. The molecule has 2 rings (SSSR count). The molecule has 1 aliphatic rings. The summed E-state index contributed by atoms with van der Waals surface area (Å²) in [5.41, 5.74) is 6.58. The van der Waals surface area contributed by atoms with Crippen LogP contribution < -0.4 is 32.3 Å². The van der Waals surface area contributed by atoms with Gasteiger partial charge < -0.3 is 32.3 Å². The number of hydrogen-bond acceptors (Lipinski definition) is 7. The highest BCUT2D eigenvalue weighted by Crippen LogP contribution is 2.14. The van der Waals surface area contributed by atoms with E-state index in [2.05, 4.69) is 26.6 Å². The van der Waals surface area contributed by atoms with Gasteiger partial charge in [-0.15, -0.1) is 0 Å².